The van der Waals surface area contributed by atoms with Gasteiger partial charge < -0.3 is 15.2 Å². The number of Topliss-reactive ketones (excluding diaryl/α,β-unsaturated/α-hetero) is 1. The summed E-state index contributed by atoms with van der Waals surface area (Å²) >= 11 is 0. The summed E-state index contributed by atoms with van der Waals surface area (Å²) in [6.45, 7) is 3.66. The number of aliphatic hydroxyl groups is 1. The summed E-state index contributed by atoms with van der Waals surface area (Å²) < 4.78 is 5.54. The lowest BCUT2D eigenvalue weighted by Gasteiger charge is -2.52. The monoisotopic (exact) mass is 423 g/mol. The number of ketones is 1. The molecular formula is C26H33NO4. The highest BCUT2D eigenvalue weighted by Gasteiger charge is 2.61. The third-order valence-electron chi connectivity index (χ3n) is 8.53. The molecule has 5 nitrogen and oxygen atoms in total. The maximum atomic E-state index is 12.3. The van der Waals surface area contributed by atoms with Crippen molar-refractivity contribution in [3.63, 3.8) is 0 Å². The third kappa shape index (κ3) is 3.60. The number of terminal acetylenes is 1. The molecule has 0 aliphatic heterocycles. The van der Waals surface area contributed by atoms with Gasteiger partial charge in [0, 0.05) is 5.41 Å². The fourth-order valence-electron chi connectivity index (χ4n) is 6.66. The Hall–Kier alpha value is -2.16. The van der Waals surface area contributed by atoms with Gasteiger partial charge in [0.1, 0.15) is 17.1 Å². The molecule has 2 N–H and O–H groups in total. The van der Waals surface area contributed by atoms with E-state index < -0.39 is 17.6 Å². The van der Waals surface area contributed by atoms with Crippen LogP contribution >= 0.6 is 0 Å². The summed E-state index contributed by atoms with van der Waals surface area (Å²) in [5.41, 5.74) is 1.42. The topological polar surface area (TPSA) is 75.6 Å². The number of ether oxygens (including phenoxy) is 1. The van der Waals surface area contributed by atoms with Crippen LogP contribution in [-0.4, -0.2) is 35.5 Å². The molecule has 31 heavy (non-hydrogen) atoms. The highest BCUT2D eigenvalue weighted by Crippen LogP contribution is 2.64. The molecule has 0 aromatic heterocycles. The quantitative estimate of drug-likeness (QED) is 0.431. The average molecular weight is 424 g/mol. The molecule has 166 valence electrons. The molecule has 1 aromatic carbocycles. The third-order valence-corrected chi connectivity index (χ3v) is 8.53. The summed E-state index contributed by atoms with van der Waals surface area (Å²) in [5.74, 6) is 4.24. The Balaban J connectivity index is 1.50. The Kier molecular flexibility index (Phi) is 5.74. The van der Waals surface area contributed by atoms with E-state index >= 15 is 0 Å². The van der Waals surface area contributed by atoms with Crippen molar-refractivity contribution in [1.29, 1.82) is 0 Å². The molecule has 0 amide bonds. The van der Waals surface area contributed by atoms with E-state index in [1.165, 1.54) is 18.1 Å². The highest BCUT2D eigenvalue weighted by atomic mass is 16.5. The van der Waals surface area contributed by atoms with Gasteiger partial charge in [-0.1, -0.05) is 18.9 Å². The molecule has 2 fully saturated rings. The number of hydrogen-bond donors (Lipinski definition) is 2. The lowest BCUT2D eigenvalue weighted by Crippen LogP contribution is -2.50. The van der Waals surface area contributed by atoms with E-state index in [9.17, 15) is 14.7 Å². The number of nitrogens with one attached hydrogen (secondary N) is 1. The van der Waals surface area contributed by atoms with Crippen molar-refractivity contribution in [2.45, 2.75) is 76.4 Å². The van der Waals surface area contributed by atoms with Gasteiger partial charge in [-0.15, -0.1) is 6.42 Å². The maximum absolute atomic E-state index is 12.3. The lowest BCUT2D eigenvalue weighted by molar-refractivity contribution is -0.136. The number of hydrogen-bond acceptors (Lipinski definition) is 5. The van der Waals surface area contributed by atoms with E-state index in [-0.39, 0.29) is 17.6 Å². The van der Waals surface area contributed by atoms with Crippen LogP contribution in [0.25, 0.3) is 0 Å². The van der Waals surface area contributed by atoms with Crippen LogP contribution in [-0.2, 0) is 16.0 Å². The molecule has 5 heteroatoms. The van der Waals surface area contributed by atoms with Gasteiger partial charge in [0.15, 0.2) is 0 Å². The molecule has 3 aliphatic carbocycles. The van der Waals surface area contributed by atoms with E-state index in [0.29, 0.717) is 29.9 Å². The number of fused-ring (bicyclic) bond motifs is 5. The largest absolute Gasteiger partial charge is 0.426 e. The normalized spacial score (nSPS) is 34.6. The van der Waals surface area contributed by atoms with Crippen LogP contribution in [0.2, 0.25) is 0 Å². The minimum absolute atomic E-state index is 0.0198. The predicted molar refractivity (Wildman–Crippen MR) is 119 cm³/mol. The van der Waals surface area contributed by atoms with Gasteiger partial charge in [0.25, 0.3) is 0 Å². The Morgan fingerprint density at radius 3 is 2.77 bits per heavy atom. The van der Waals surface area contributed by atoms with Gasteiger partial charge >= 0.3 is 5.97 Å². The number of esters is 1. The van der Waals surface area contributed by atoms with Crippen molar-refractivity contribution in [3.05, 3.63) is 29.3 Å². The molecule has 0 heterocycles. The summed E-state index contributed by atoms with van der Waals surface area (Å²) in [4.78, 5) is 23.8. The number of carbonyl (C=O) groups is 2. The smallest absolute Gasteiger partial charge is 0.313 e. The van der Waals surface area contributed by atoms with E-state index in [2.05, 4.69) is 24.2 Å². The number of benzene rings is 1. The Morgan fingerprint density at radius 2 is 2.10 bits per heavy atom. The van der Waals surface area contributed by atoms with Gasteiger partial charge in [-0.25, -0.2) is 0 Å². The first kappa shape index (κ1) is 22.0. The van der Waals surface area contributed by atoms with Crippen LogP contribution in [0.1, 0.15) is 69.4 Å². The van der Waals surface area contributed by atoms with Gasteiger partial charge in [-0.05, 0) is 93.5 Å². The molecule has 0 radical (unpaired) electrons. The Labute approximate surface area is 184 Å². The SMILES string of the molecule is C#C[C@]1(O)CCC2C3CCc4cc(OC(=O)C[C@H](NC)C(C)=O)ccc4C3CC[C@@]21C. The van der Waals surface area contributed by atoms with Gasteiger partial charge in [-0.3, -0.25) is 9.59 Å². The van der Waals surface area contributed by atoms with Crippen molar-refractivity contribution in [3.8, 4) is 18.1 Å². The van der Waals surface area contributed by atoms with Crippen molar-refractivity contribution in [2.75, 3.05) is 7.05 Å². The summed E-state index contributed by atoms with van der Waals surface area (Å²) in [6.07, 6.45) is 11.4. The zero-order valence-electron chi connectivity index (χ0n) is 18.7. The second-order valence-corrected chi connectivity index (χ2v) is 9.91. The van der Waals surface area contributed by atoms with Crippen LogP contribution in [0.4, 0.5) is 0 Å². The van der Waals surface area contributed by atoms with Gasteiger partial charge in [0.05, 0.1) is 12.5 Å². The first-order valence-corrected chi connectivity index (χ1v) is 11.4. The maximum Gasteiger partial charge on any atom is 0.313 e. The molecule has 0 spiro atoms. The van der Waals surface area contributed by atoms with Crippen LogP contribution < -0.4 is 10.1 Å². The molecular weight excluding hydrogens is 390 g/mol. The fraction of sp³-hybridized carbons (Fsp3) is 0.615. The number of likely N-dealkylation sites (N-methyl/N-ethyl adjacent to an activating group) is 1. The van der Waals surface area contributed by atoms with Gasteiger partial charge in [0.2, 0.25) is 0 Å². The van der Waals surface area contributed by atoms with Gasteiger partial charge in [-0.2, -0.15) is 0 Å². The summed E-state index contributed by atoms with van der Waals surface area (Å²) in [5, 5.41) is 13.9. The first-order chi connectivity index (χ1) is 14.7. The van der Waals surface area contributed by atoms with Crippen LogP contribution in [0.3, 0.4) is 0 Å². The van der Waals surface area contributed by atoms with Crippen LogP contribution in [0.5, 0.6) is 5.75 Å². The average Bonchev–Trinajstić information content (AvgIpc) is 3.02. The van der Waals surface area contributed by atoms with Crippen molar-refractivity contribution in [2.24, 2.45) is 17.3 Å². The van der Waals surface area contributed by atoms with Crippen LogP contribution in [0, 0.1) is 29.6 Å². The highest BCUT2D eigenvalue weighted by molar-refractivity contribution is 5.87. The summed E-state index contributed by atoms with van der Waals surface area (Å²) in [7, 11) is 1.67. The van der Waals surface area contributed by atoms with E-state index in [1.54, 1.807) is 7.05 Å². The molecule has 4 rings (SSSR count). The molecule has 6 atom stereocenters. The Bertz CT molecular complexity index is 934. The second kappa shape index (κ2) is 8.07. The van der Waals surface area contributed by atoms with Crippen molar-refractivity contribution >= 4 is 11.8 Å². The fourth-order valence-corrected chi connectivity index (χ4v) is 6.66. The minimum atomic E-state index is -0.980. The minimum Gasteiger partial charge on any atom is -0.426 e. The zero-order chi connectivity index (χ0) is 22.4. The van der Waals surface area contributed by atoms with E-state index in [0.717, 1.165) is 32.1 Å². The van der Waals surface area contributed by atoms with E-state index in [4.69, 9.17) is 11.2 Å². The number of carbonyl (C=O) groups excluding carboxylic acids is 2. The summed E-state index contributed by atoms with van der Waals surface area (Å²) in [6, 6.07) is 5.46. The molecule has 0 bridgehead atoms. The predicted octanol–water partition coefficient (Wildman–Crippen LogP) is 3.38. The second-order valence-electron chi connectivity index (χ2n) is 9.91. The van der Waals surface area contributed by atoms with Crippen LogP contribution in [0.15, 0.2) is 18.2 Å². The van der Waals surface area contributed by atoms with Crippen molar-refractivity contribution in [1.82, 2.24) is 5.32 Å². The number of aryl methyl sites for hydroxylation is 1. The molecule has 3 aliphatic rings. The molecule has 1 aromatic rings. The Morgan fingerprint density at radius 1 is 1.32 bits per heavy atom. The number of rotatable bonds is 5. The standard InChI is InChI=1S/C26H33NO4/c1-5-26(30)13-11-22-21-8-6-17-14-18(31-24(29)15-23(27-4)16(2)28)7-9-19(17)20(21)10-12-25(22,26)3/h1,7,9,14,20-23,27,30H,6,8,10-13,15H2,2-4H3/t20?,21?,22?,23-,25-,26-/m0/s1. The van der Waals surface area contributed by atoms with Crippen molar-refractivity contribution < 1.29 is 19.4 Å². The first-order valence-electron chi connectivity index (χ1n) is 11.4. The lowest BCUT2D eigenvalue weighted by atomic mass is 9.53. The zero-order valence-corrected chi connectivity index (χ0v) is 18.7. The molecule has 2 saturated carbocycles. The molecule has 0 saturated heterocycles. The molecule has 3 unspecified atom stereocenters. The van der Waals surface area contributed by atoms with E-state index in [1.807, 2.05) is 12.1 Å².